The first-order chi connectivity index (χ1) is 9.81. The van der Waals surface area contributed by atoms with Gasteiger partial charge < -0.3 is 10.2 Å². The van der Waals surface area contributed by atoms with E-state index < -0.39 is 0 Å². The van der Waals surface area contributed by atoms with Crippen LogP contribution in [0.4, 0.5) is 11.4 Å². The summed E-state index contributed by atoms with van der Waals surface area (Å²) in [7, 11) is 0. The predicted molar refractivity (Wildman–Crippen MR) is 88.7 cm³/mol. The van der Waals surface area contributed by atoms with Crippen LogP contribution >= 0.6 is 11.8 Å². The van der Waals surface area contributed by atoms with Crippen molar-refractivity contribution in [2.24, 2.45) is 0 Å². The summed E-state index contributed by atoms with van der Waals surface area (Å²) in [6.07, 6.45) is 0. The van der Waals surface area contributed by atoms with Crippen LogP contribution in [0.1, 0.15) is 24.8 Å². The molecule has 0 aliphatic carbocycles. The average molecular weight is 284 g/mol. The molecule has 0 bridgehead atoms. The van der Waals surface area contributed by atoms with Gasteiger partial charge in [0.2, 0.25) is 0 Å². The summed E-state index contributed by atoms with van der Waals surface area (Å²) in [5, 5.41) is 3.91. The largest absolute Gasteiger partial charge is 0.372 e. The maximum absolute atomic E-state index is 3.58. The van der Waals surface area contributed by atoms with Gasteiger partial charge in [-0.25, -0.2) is 0 Å². The Morgan fingerprint density at radius 1 is 1.00 bits per heavy atom. The van der Waals surface area contributed by atoms with Crippen molar-refractivity contribution >= 4 is 23.1 Å². The summed E-state index contributed by atoms with van der Waals surface area (Å²) in [5.74, 6) is 0. The topological polar surface area (TPSA) is 15.3 Å². The number of hydrogen-bond acceptors (Lipinski definition) is 3. The number of benzene rings is 2. The Morgan fingerprint density at radius 2 is 1.70 bits per heavy atom. The molecule has 2 nitrogen and oxygen atoms in total. The highest BCUT2D eigenvalue weighted by molar-refractivity contribution is 8.00. The van der Waals surface area contributed by atoms with E-state index in [4.69, 9.17) is 0 Å². The van der Waals surface area contributed by atoms with Crippen LogP contribution < -0.4 is 10.2 Å². The fourth-order valence-corrected chi connectivity index (χ4v) is 3.73. The van der Waals surface area contributed by atoms with Gasteiger partial charge >= 0.3 is 0 Å². The molecule has 1 unspecified atom stereocenters. The molecule has 1 N–H and O–H groups in total. The van der Waals surface area contributed by atoms with E-state index in [9.17, 15) is 0 Å². The molecule has 0 radical (unpaired) electrons. The molecular weight excluding hydrogens is 264 g/mol. The van der Waals surface area contributed by atoms with Crippen molar-refractivity contribution in [3.63, 3.8) is 0 Å². The summed E-state index contributed by atoms with van der Waals surface area (Å²) in [6, 6.07) is 17.4. The van der Waals surface area contributed by atoms with Gasteiger partial charge in [-0.1, -0.05) is 36.0 Å². The normalized spacial score (nSPS) is 16.6. The number of hydrogen-bond donors (Lipinski definition) is 1. The van der Waals surface area contributed by atoms with Crippen LogP contribution in [-0.4, -0.2) is 13.1 Å². The predicted octanol–water partition coefficient (Wildman–Crippen LogP) is 4.75. The van der Waals surface area contributed by atoms with Gasteiger partial charge in [0.15, 0.2) is 0 Å². The van der Waals surface area contributed by atoms with Crippen LogP contribution in [-0.2, 0) is 0 Å². The quantitative estimate of drug-likeness (QED) is 0.872. The van der Waals surface area contributed by atoms with Crippen LogP contribution in [0.5, 0.6) is 0 Å². The Balaban J connectivity index is 1.77. The Bertz CT molecular complexity index is 551. The van der Waals surface area contributed by atoms with Gasteiger partial charge in [0, 0.05) is 29.4 Å². The van der Waals surface area contributed by atoms with Crippen molar-refractivity contribution < 1.29 is 0 Å². The second-order valence-electron chi connectivity index (χ2n) is 4.90. The standard InChI is InChI=1S/C17H20N2S/c1-3-19(4-2)14-11-9-13(10-12-14)17-18-15-7-5-6-8-16(15)20-17/h5-12,17-18H,3-4H2,1-2H3. The van der Waals surface area contributed by atoms with E-state index in [-0.39, 0.29) is 0 Å². The van der Waals surface area contributed by atoms with Crippen LogP contribution in [0, 0.1) is 0 Å². The number of rotatable bonds is 4. The molecule has 3 heteroatoms. The highest BCUT2D eigenvalue weighted by Gasteiger charge is 2.22. The van der Waals surface area contributed by atoms with Crippen molar-refractivity contribution in [1.82, 2.24) is 0 Å². The van der Waals surface area contributed by atoms with E-state index in [2.05, 4.69) is 72.6 Å². The molecule has 104 valence electrons. The third kappa shape index (κ3) is 2.50. The Kier molecular flexibility index (Phi) is 3.88. The zero-order valence-corrected chi connectivity index (χ0v) is 12.8. The number of thioether (sulfide) groups is 1. The highest BCUT2D eigenvalue weighted by atomic mass is 32.2. The van der Waals surface area contributed by atoms with Crippen molar-refractivity contribution in [2.75, 3.05) is 23.3 Å². The molecule has 2 aromatic carbocycles. The van der Waals surface area contributed by atoms with E-state index in [1.54, 1.807) is 0 Å². The maximum Gasteiger partial charge on any atom is 0.103 e. The maximum atomic E-state index is 3.58. The third-order valence-electron chi connectivity index (χ3n) is 3.74. The number of fused-ring (bicyclic) bond motifs is 1. The summed E-state index contributed by atoms with van der Waals surface area (Å²) < 4.78 is 0. The number of anilines is 2. The molecule has 0 saturated heterocycles. The van der Waals surface area contributed by atoms with Crippen molar-refractivity contribution in [2.45, 2.75) is 24.1 Å². The zero-order chi connectivity index (χ0) is 13.9. The van der Waals surface area contributed by atoms with E-state index in [1.807, 2.05) is 11.8 Å². The lowest BCUT2D eigenvalue weighted by Gasteiger charge is -2.21. The average Bonchev–Trinajstić information content (AvgIpc) is 2.93. The summed E-state index contributed by atoms with van der Waals surface area (Å²) in [6.45, 7) is 6.50. The Hall–Kier alpha value is -1.61. The number of nitrogens with zero attached hydrogens (tertiary/aromatic N) is 1. The molecule has 0 spiro atoms. The zero-order valence-electron chi connectivity index (χ0n) is 12.0. The molecule has 0 amide bonds. The van der Waals surface area contributed by atoms with Gasteiger partial charge in [0.1, 0.15) is 5.37 Å². The smallest absolute Gasteiger partial charge is 0.103 e. The minimum Gasteiger partial charge on any atom is -0.372 e. The van der Waals surface area contributed by atoms with E-state index >= 15 is 0 Å². The lowest BCUT2D eigenvalue weighted by atomic mass is 10.2. The van der Waals surface area contributed by atoms with Gasteiger partial charge in [-0.2, -0.15) is 0 Å². The van der Waals surface area contributed by atoms with Crippen molar-refractivity contribution in [1.29, 1.82) is 0 Å². The monoisotopic (exact) mass is 284 g/mol. The lowest BCUT2D eigenvalue weighted by Crippen LogP contribution is -2.21. The van der Waals surface area contributed by atoms with Crippen molar-refractivity contribution in [3.05, 3.63) is 54.1 Å². The van der Waals surface area contributed by atoms with Gasteiger partial charge in [0.25, 0.3) is 0 Å². The number of nitrogens with one attached hydrogen (secondary N) is 1. The van der Waals surface area contributed by atoms with E-state index in [1.165, 1.54) is 21.8 Å². The van der Waals surface area contributed by atoms with Gasteiger partial charge in [-0.15, -0.1) is 0 Å². The molecule has 0 aromatic heterocycles. The van der Waals surface area contributed by atoms with Crippen LogP contribution in [0.3, 0.4) is 0 Å². The highest BCUT2D eigenvalue weighted by Crippen LogP contribution is 2.46. The fourth-order valence-electron chi connectivity index (χ4n) is 2.59. The number of para-hydroxylation sites is 1. The molecule has 0 fully saturated rings. The molecule has 0 saturated carbocycles. The van der Waals surface area contributed by atoms with Gasteiger partial charge in [0.05, 0.1) is 0 Å². The van der Waals surface area contributed by atoms with E-state index in [0.29, 0.717) is 5.37 Å². The second kappa shape index (κ2) is 5.80. The molecule has 1 aliphatic rings. The molecule has 1 atom stereocenters. The lowest BCUT2D eigenvalue weighted by molar-refractivity contribution is 0.865. The van der Waals surface area contributed by atoms with Crippen LogP contribution in [0.15, 0.2) is 53.4 Å². The second-order valence-corrected chi connectivity index (χ2v) is 6.05. The molecule has 2 aromatic rings. The van der Waals surface area contributed by atoms with Crippen LogP contribution in [0.2, 0.25) is 0 Å². The first-order valence-electron chi connectivity index (χ1n) is 7.19. The minimum atomic E-state index is 0.332. The molecule has 3 rings (SSSR count). The SMILES string of the molecule is CCN(CC)c1ccc(C2Nc3ccccc3S2)cc1. The molecule has 1 heterocycles. The van der Waals surface area contributed by atoms with Gasteiger partial charge in [-0.05, 0) is 43.7 Å². The summed E-state index contributed by atoms with van der Waals surface area (Å²) in [4.78, 5) is 3.71. The summed E-state index contributed by atoms with van der Waals surface area (Å²) in [5.41, 5.74) is 3.89. The van der Waals surface area contributed by atoms with E-state index in [0.717, 1.165) is 13.1 Å². The minimum absolute atomic E-state index is 0.332. The third-order valence-corrected chi connectivity index (χ3v) is 4.98. The Morgan fingerprint density at radius 3 is 2.35 bits per heavy atom. The fraction of sp³-hybridized carbons (Fsp3) is 0.294. The summed E-state index contributed by atoms with van der Waals surface area (Å²) >= 11 is 1.89. The first-order valence-corrected chi connectivity index (χ1v) is 8.07. The molecule has 1 aliphatic heterocycles. The molecular formula is C17H20N2S. The Labute approximate surface area is 125 Å². The van der Waals surface area contributed by atoms with Crippen molar-refractivity contribution in [3.8, 4) is 0 Å². The molecule has 20 heavy (non-hydrogen) atoms. The van der Waals surface area contributed by atoms with Gasteiger partial charge in [-0.3, -0.25) is 0 Å². The first kappa shape index (κ1) is 13.4. The van der Waals surface area contributed by atoms with Crippen LogP contribution in [0.25, 0.3) is 0 Å².